The van der Waals surface area contributed by atoms with Crippen LogP contribution in [0.2, 0.25) is 0 Å². The second-order valence-corrected chi connectivity index (χ2v) is 17.1. The first-order valence-corrected chi connectivity index (χ1v) is 22.7. The van der Waals surface area contributed by atoms with Crippen molar-refractivity contribution in [2.45, 2.75) is 131 Å². The lowest BCUT2D eigenvalue weighted by molar-refractivity contribution is -0.309. The van der Waals surface area contributed by atoms with E-state index in [0.717, 1.165) is 99.9 Å². The Morgan fingerprint density at radius 1 is 0.776 bits per heavy atom. The first-order chi connectivity index (χ1) is 31.9. The van der Waals surface area contributed by atoms with Crippen LogP contribution >= 0.6 is 0 Å². The third-order valence-corrected chi connectivity index (χ3v) is 12.4. The summed E-state index contributed by atoms with van der Waals surface area (Å²) in [4.78, 5) is 78.9. The van der Waals surface area contributed by atoms with E-state index in [1.807, 2.05) is 6.08 Å². The summed E-state index contributed by atoms with van der Waals surface area (Å²) in [6.07, 6.45) is -2.90. The number of allylic oxidation sites excluding steroid dienone is 2. The molecule has 6 rings (SSSR count). The molecule has 17 nitrogen and oxygen atoms in total. The normalized spacial score (nSPS) is 21.4. The maximum Gasteiger partial charge on any atom is 0.303 e. The minimum atomic E-state index is -1.35. The van der Waals surface area contributed by atoms with Gasteiger partial charge in [-0.25, -0.2) is 4.98 Å². The molecule has 6 heterocycles. The van der Waals surface area contributed by atoms with Gasteiger partial charge < -0.3 is 48.4 Å². The number of amides is 1. The van der Waals surface area contributed by atoms with Gasteiger partial charge >= 0.3 is 23.9 Å². The SMILES string of the molecule is C=Cc1c(C)c2cc3nc(c(C)c4cc(C)c(cc5nc(cc1[nH]2)C(C)=C5CC)[nH]4)[C@@H](CCC(=O)NCCOCCO[C@@H]1O[C@H](COC(C)=O)[C@@H](OC(C)=O)[C@H](OC(C)=O)[C@H]1OC(C)=O)[C@@H]3C. The highest BCUT2D eigenvalue weighted by molar-refractivity contribution is 5.93. The zero-order valence-electron chi connectivity index (χ0n) is 40.1. The molecule has 0 spiro atoms. The summed E-state index contributed by atoms with van der Waals surface area (Å²) in [5.41, 5.74) is 14.1. The number of ether oxygens (including phenoxy) is 7. The molecule has 1 saturated heterocycles. The number of hydrogen-bond donors (Lipinski definition) is 3. The molecule has 0 unspecified atom stereocenters. The molecule has 67 heavy (non-hydrogen) atoms. The Labute approximate surface area is 390 Å². The maximum atomic E-state index is 13.3. The summed E-state index contributed by atoms with van der Waals surface area (Å²) in [6.45, 7) is 21.4. The molecule has 0 radical (unpaired) electrons. The average molecular weight is 926 g/mol. The summed E-state index contributed by atoms with van der Waals surface area (Å²) in [6, 6.07) is 8.51. The van der Waals surface area contributed by atoms with E-state index in [2.05, 4.69) is 87.7 Å². The van der Waals surface area contributed by atoms with Crippen molar-refractivity contribution >= 4 is 69.1 Å². The van der Waals surface area contributed by atoms with E-state index in [0.29, 0.717) is 6.42 Å². The molecule has 1 fully saturated rings. The second-order valence-electron chi connectivity index (χ2n) is 17.1. The quantitative estimate of drug-likeness (QED) is 0.0698. The van der Waals surface area contributed by atoms with E-state index in [4.69, 9.17) is 43.1 Å². The summed E-state index contributed by atoms with van der Waals surface area (Å²) >= 11 is 0. The Hall–Kier alpha value is -6.17. The summed E-state index contributed by atoms with van der Waals surface area (Å²) in [5.74, 6) is -3.01. The van der Waals surface area contributed by atoms with Gasteiger partial charge in [0.15, 0.2) is 24.6 Å². The zero-order valence-corrected chi connectivity index (χ0v) is 40.1. The third kappa shape index (κ3) is 11.9. The predicted octanol–water partition coefficient (Wildman–Crippen LogP) is 7.12. The molecule has 3 N–H and O–H groups in total. The lowest BCUT2D eigenvalue weighted by atomic mass is 9.86. The van der Waals surface area contributed by atoms with Crippen molar-refractivity contribution in [3.63, 3.8) is 0 Å². The van der Waals surface area contributed by atoms with Crippen LogP contribution in [0.25, 0.3) is 39.3 Å². The van der Waals surface area contributed by atoms with E-state index < -0.39 is 54.6 Å². The highest BCUT2D eigenvalue weighted by Gasteiger charge is 2.52. The smallest absolute Gasteiger partial charge is 0.303 e. The van der Waals surface area contributed by atoms with Crippen LogP contribution in [0.5, 0.6) is 0 Å². The van der Waals surface area contributed by atoms with Gasteiger partial charge in [-0.2, -0.15) is 0 Å². The number of fused-ring (bicyclic) bond motifs is 8. The fourth-order valence-electron chi connectivity index (χ4n) is 8.96. The minimum Gasteiger partial charge on any atom is -0.463 e. The first-order valence-electron chi connectivity index (χ1n) is 22.7. The number of aromatic nitrogens is 4. The lowest BCUT2D eigenvalue weighted by Gasteiger charge is -2.44. The van der Waals surface area contributed by atoms with Crippen LogP contribution in [0, 0.1) is 20.8 Å². The number of H-pyrrole nitrogens is 2. The van der Waals surface area contributed by atoms with E-state index in [9.17, 15) is 24.0 Å². The van der Waals surface area contributed by atoms with Crippen LogP contribution in [0.4, 0.5) is 0 Å². The molecule has 0 aromatic carbocycles. The summed E-state index contributed by atoms with van der Waals surface area (Å²) in [5, 5.41) is 2.95. The molecule has 1 amide bonds. The van der Waals surface area contributed by atoms with Crippen LogP contribution in [0.15, 0.2) is 30.8 Å². The standard InChI is InChI=1S/C50H63N5O12/c1-12-34-27(5)40-23-43-35(13-2)26(4)39(53-43)22-41-28(6)36(46(55-41)29(7)38-20-25(3)37(52-38)21-42(34)54-40)14-15-45(60)51-16-17-61-18-19-62-50-49(66-33(11)59)48(65-32(10)58)47(64-31(9)57)44(67-50)24-63-30(8)56/h13,20-23,28,36,44,47-50,52-53H,2,12,14-19,24H2,1,3-11H3,(H,51,60)/t28-,36-,44+,47+,48-,49+,50+/m0/s1. The molecule has 17 heteroatoms. The first kappa shape index (κ1) is 50.2. The van der Waals surface area contributed by atoms with Crippen LogP contribution in [0.3, 0.4) is 0 Å². The van der Waals surface area contributed by atoms with E-state index >= 15 is 0 Å². The van der Waals surface area contributed by atoms with E-state index in [1.165, 1.54) is 12.5 Å². The van der Waals surface area contributed by atoms with Gasteiger partial charge in [-0.15, -0.1) is 0 Å². The van der Waals surface area contributed by atoms with E-state index in [-0.39, 0.29) is 57.1 Å². The topological polar surface area (TPSA) is 219 Å². The van der Waals surface area contributed by atoms with Crippen LogP contribution in [0.1, 0.15) is 125 Å². The molecule has 360 valence electrons. The summed E-state index contributed by atoms with van der Waals surface area (Å²) in [7, 11) is 0. The van der Waals surface area contributed by atoms with Crippen LogP contribution < -0.4 is 5.32 Å². The number of nitrogens with one attached hydrogen (secondary N) is 3. The largest absolute Gasteiger partial charge is 0.463 e. The molecule has 3 aromatic heterocycles. The second kappa shape index (κ2) is 22.1. The van der Waals surface area contributed by atoms with Crippen LogP contribution in [-0.4, -0.2) is 113 Å². The molecular formula is C50H63N5O12. The number of aryl methyl sites for hydroxylation is 3. The molecule has 7 atom stereocenters. The Morgan fingerprint density at radius 2 is 1.43 bits per heavy atom. The fraction of sp³-hybridized carbons (Fsp3) is 0.500. The molecule has 0 saturated carbocycles. The van der Waals surface area contributed by atoms with Gasteiger partial charge in [0.05, 0.1) is 31.2 Å². The number of carbonyl (C=O) groups excluding carboxylic acids is 5. The molecular weight excluding hydrogens is 863 g/mol. The van der Waals surface area contributed by atoms with Gasteiger partial charge in [0.1, 0.15) is 12.7 Å². The van der Waals surface area contributed by atoms with Crippen molar-refractivity contribution in [2.75, 3.05) is 33.0 Å². The molecule has 3 aliphatic heterocycles. The third-order valence-electron chi connectivity index (χ3n) is 12.4. The van der Waals surface area contributed by atoms with E-state index in [1.54, 1.807) is 0 Å². The zero-order chi connectivity index (χ0) is 48.7. The highest BCUT2D eigenvalue weighted by Crippen LogP contribution is 2.42. The van der Waals surface area contributed by atoms with Crippen molar-refractivity contribution in [2.24, 2.45) is 0 Å². The number of aromatic amines is 2. The Morgan fingerprint density at radius 3 is 2.10 bits per heavy atom. The van der Waals surface area contributed by atoms with Gasteiger partial charge in [0.2, 0.25) is 5.91 Å². The van der Waals surface area contributed by atoms with Gasteiger partial charge in [-0.3, -0.25) is 29.0 Å². The minimum absolute atomic E-state index is 0.0109. The van der Waals surface area contributed by atoms with Crippen molar-refractivity contribution in [1.82, 2.24) is 25.3 Å². The molecule has 3 aromatic rings. The molecule has 3 aliphatic rings. The van der Waals surface area contributed by atoms with Crippen LogP contribution in [-0.2, 0) is 57.1 Å². The molecule has 8 bridgehead atoms. The average Bonchev–Trinajstić information content (AvgIpc) is 3.97. The van der Waals surface area contributed by atoms with Crippen molar-refractivity contribution in [1.29, 1.82) is 0 Å². The number of rotatable bonds is 17. The summed E-state index contributed by atoms with van der Waals surface area (Å²) < 4.78 is 39.0. The van der Waals surface area contributed by atoms with Gasteiger partial charge in [-0.1, -0.05) is 26.5 Å². The van der Waals surface area contributed by atoms with Crippen molar-refractivity contribution < 1.29 is 57.1 Å². The number of esters is 4. The lowest BCUT2D eigenvalue weighted by Crippen LogP contribution is -2.63. The van der Waals surface area contributed by atoms with Crippen molar-refractivity contribution in [3.8, 4) is 0 Å². The highest BCUT2D eigenvalue weighted by atomic mass is 16.7. The number of carbonyl (C=O) groups is 5. The van der Waals surface area contributed by atoms with Gasteiger partial charge in [0, 0.05) is 91.5 Å². The van der Waals surface area contributed by atoms with Gasteiger partial charge in [-0.05, 0) is 92.6 Å². The monoisotopic (exact) mass is 925 g/mol. The van der Waals surface area contributed by atoms with Crippen molar-refractivity contribution in [3.05, 3.63) is 75.9 Å². The predicted molar refractivity (Wildman–Crippen MR) is 250 cm³/mol. The Balaban J connectivity index is 1.12. The fourth-order valence-corrected chi connectivity index (χ4v) is 8.96. The maximum absolute atomic E-state index is 13.3. The van der Waals surface area contributed by atoms with Gasteiger partial charge in [0.25, 0.3) is 0 Å². The Bertz CT molecular complexity index is 2590. The number of hydrogen-bond acceptors (Lipinski definition) is 14. The number of nitrogens with zero attached hydrogens (tertiary/aromatic N) is 2. The Kier molecular flexibility index (Phi) is 16.6. The molecule has 0 aliphatic carbocycles.